The summed E-state index contributed by atoms with van der Waals surface area (Å²) in [6.45, 7) is 8.73. The Kier molecular flexibility index (Phi) is 6.74. The predicted molar refractivity (Wildman–Crippen MR) is 104 cm³/mol. The second kappa shape index (κ2) is 8.81. The van der Waals surface area contributed by atoms with Gasteiger partial charge in [-0.05, 0) is 55.8 Å². The number of rotatable bonds is 8. The van der Waals surface area contributed by atoms with Gasteiger partial charge in [0.25, 0.3) is 10.0 Å². The number of sulfonamides is 1. The van der Waals surface area contributed by atoms with Gasteiger partial charge in [-0.15, -0.1) is 0 Å². The maximum Gasteiger partial charge on any atom is 0.261 e. The molecule has 0 saturated carbocycles. The van der Waals surface area contributed by atoms with Crippen LogP contribution in [0.2, 0.25) is 0 Å². The van der Waals surface area contributed by atoms with Crippen molar-refractivity contribution in [2.24, 2.45) is 0 Å². The minimum absolute atomic E-state index is 0.0138. The van der Waals surface area contributed by atoms with E-state index in [0.717, 1.165) is 23.3 Å². The van der Waals surface area contributed by atoms with Crippen molar-refractivity contribution >= 4 is 21.6 Å². The summed E-state index contributed by atoms with van der Waals surface area (Å²) in [5, 5.41) is 0. The van der Waals surface area contributed by atoms with Gasteiger partial charge in [-0.2, -0.15) is 0 Å². The Labute approximate surface area is 159 Å². The molecule has 0 bridgehead atoms. The number of nitrogens with one attached hydrogen (secondary N) is 1. The van der Waals surface area contributed by atoms with Crippen LogP contribution in [0.5, 0.6) is 0 Å². The third kappa shape index (κ3) is 5.92. The van der Waals surface area contributed by atoms with Crippen LogP contribution >= 0.6 is 0 Å². The largest absolute Gasteiger partial charge is 0.339 e. The van der Waals surface area contributed by atoms with E-state index in [1.807, 2.05) is 13.8 Å². The molecule has 7 heteroatoms. The smallest absolute Gasteiger partial charge is 0.261 e. The van der Waals surface area contributed by atoms with E-state index in [-0.39, 0.29) is 17.2 Å². The summed E-state index contributed by atoms with van der Waals surface area (Å²) in [5.74, 6) is -0.518. The first-order chi connectivity index (χ1) is 12.7. The van der Waals surface area contributed by atoms with Crippen LogP contribution in [-0.2, 0) is 21.2 Å². The number of anilines is 1. The van der Waals surface area contributed by atoms with Crippen molar-refractivity contribution in [2.75, 3.05) is 17.8 Å². The highest BCUT2D eigenvalue weighted by Crippen LogP contribution is 2.17. The molecule has 1 N–H and O–H groups in total. The van der Waals surface area contributed by atoms with E-state index >= 15 is 0 Å². The summed E-state index contributed by atoms with van der Waals surface area (Å²) in [5.41, 5.74) is 2.06. The fourth-order valence-corrected chi connectivity index (χ4v) is 3.57. The SMILES string of the molecule is C=C(C)CN(CC)C(=O)Cc1ccc(NS(=O)(=O)c2ccc(F)cc2)cc1. The Morgan fingerprint density at radius 2 is 1.70 bits per heavy atom. The van der Waals surface area contributed by atoms with Gasteiger partial charge >= 0.3 is 0 Å². The summed E-state index contributed by atoms with van der Waals surface area (Å²) in [4.78, 5) is 14.0. The fraction of sp³-hybridized carbons (Fsp3) is 0.250. The summed E-state index contributed by atoms with van der Waals surface area (Å²) >= 11 is 0. The number of halogens is 1. The summed E-state index contributed by atoms with van der Waals surface area (Å²) in [6.07, 6.45) is 0.228. The second-order valence-electron chi connectivity index (χ2n) is 6.30. The zero-order valence-corrected chi connectivity index (χ0v) is 16.2. The van der Waals surface area contributed by atoms with E-state index in [2.05, 4.69) is 11.3 Å². The monoisotopic (exact) mass is 390 g/mol. The van der Waals surface area contributed by atoms with Crippen molar-refractivity contribution in [3.8, 4) is 0 Å². The molecule has 0 radical (unpaired) electrons. The highest BCUT2D eigenvalue weighted by molar-refractivity contribution is 7.92. The molecular weight excluding hydrogens is 367 g/mol. The Morgan fingerprint density at radius 1 is 1.11 bits per heavy atom. The molecule has 0 spiro atoms. The lowest BCUT2D eigenvalue weighted by atomic mass is 10.1. The van der Waals surface area contributed by atoms with E-state index in [1.54, 1.807) is 29.2 Å². The Hall–Kier alpha value is -2.67. The van der Waals surface area contributed by atoms with Gasteiger partial charge < -0.3 is 4.90 Å². The number of nitrogens with zero attached hydrogens (tertiary/aromatic N) is 1. The minimum atomic E-state index is -3.80. The number of benzene rings is 2. The lowest BCUT2D eigenvalue weighted by Crippen LogP contribution is -2.33. The van der Waals surface area contributed by atoms with Gasteiger partial charge in [0, 0.05) is 18.8 Å². The minimum Gasteiger partial charge on any atom is -0.339 e. The summed E-state index contributed by atoms with van der Waals surface area (Å²) in [7, 11) is -3.80. The molecular formula is C20H23FN2O3S. The molecule has 0 heterocycles. The number of carbonyl (C=O) groups excluding carboxylic acids is 1. The second-order valence-corrected chi connectivity index (χ2v) is 7.98. The van der Waals surface area contributed by atoms with E-state index < -0.39 is 15.8 Å². The van der Waals surface area contributed by atoms with Gasteiger partial charge in [-0.25, -0.2) is 12.8 Å². The quantitative estimate of drug-likeness (QED) is 0.701. The zero-order chi connectivity index (χ0) is 20.0. The molecule has 2 rings (SSSR count). The van der Waals surface area contributed by atoms with Crippen molar-refractivity contribution < 1.29 is 17.6 Å². The molecule has 5 nitrogen and oxygen atoms in total. The number of carbonyl (C=O) groups is 1. The van der Waals surface area contributed by atoms with E-state index in [9.17, 15) is 17.6 Å². The van der Waals surface area contributed by atoms with Gasteiger partial charge in [-0.3, -0.25) is 9.52 Å². The van der Waals surface area contributed by atoms with Crippen LogP contribution in [0.15, 0.2) is 65.6 Å². The molecule has 0 aliphatic rings. The zero-order valence-electron chi connectivity index (χ0n) is 15.4. The van der Waals surface area contributed by atoms with Crippen LogP contribution < -0.4 is 4.72 Å². The maximum atomic E-state index is 13.0. The number of amides is 1. The Balaban J connectivity index is 2.05. The lowest BCUT2D eigenvalue weighted by Gasteiger charge is -2.21. The lowest BCUT2D eigenvalue weighted by molar-refractivity contribution is -0.129. The summed E-state index contributed by atoms with van der Waals surface area (Å²) in [6, 6.07) is 11.2. The van der Waals surface area contributed by atoms with Crippen LogP contribution in [-0.4, -0.2) is 32.3 Å². The van der Waals surface area contributed by atoms with Gasteiger partial charge in [0.05, 0.1) is 11.3 Å². The first-order valence-electron chi connectivity index (χ1n) is 8.50. The van der Waals surface area contributed by atoms with Crippen LogP contribution in [0.4, 0.5) is 10.1 Å². The van der Waals surface area contributed by atoms with Crippen LogP contribution in [0.3, 0.4) is 0 Å². The third-order valence-corrected chi connectivity index (χ3v) is 5.28. The van der Waals surface area contributed by atoms with Crippen LogP contribution in [0.25, 0.3) is 0 Å². The van der Waals surface area contributed by atoms with Gasteiger partial charge in [-0.1, -0.05) is 24.3 Å². The molecule has 0 aliphatic carbocycles. The molecule has 2 aromatic carbocycles. The highest BCUT2D eigenvalue weighted by atomic mass is 32.2. The third-order valence-electron chi connectivity index (χ3n) is 3.88. The standard InChI is InChI=1S/C20H23FN2O3S/c1-4-23(14-15(2)3)20(24)13-16-5-9-18(10-6-16)22-27(25,26)19-11-7-17(21)8-12-19/h5-12,22H,2,4,13-14H2,1,3H3. The van der Waals surface area contributed by atoms with Crippen molar-refractivity contribution in [3.63, 3.8) is 0 Å². The highest BCUT2D eigenvalue weighted by Gasteiger charge is 2.15. The molecule has 0 aliphatic heterocycles. The molecule has 27 heavy (non-hydrogen) atoms. The average molecular weight is 390 g/mol. The molecule has 0 aromatic heterocycles. The van der Waals surface area contributed by atoms with Gasteiger partial charge in [0.15, 0.2) is 0 Å². The average Bonchev–Trinajstić information content (AvgIpc) is 2.61. The van der Waals surface area contributed by atoms with Crippen molar-refractivity contribution in [1.82, 2.24) is 4.90 Å². The Bertz CT molecular complexity index is 907. The van der Waals surface area contributed by atoms with E-state index in [4.69, 9.17) is 0 Å². The van der Waals surface area contributed by atoms with E-state index in [1.165, 1.54) is 12.1 Å². The van der Waals surface area contributed by atoms with Gasteiger partial charge in [0.2, 0.25) is 5.91 Å². The van der Waals surface area contributed by atoms with Crippen molar-refractivity contribution in [3.05, 3.63) is 72.1 Å². The molecule has 0 fully saturated rings. The maximum absolute atomic E-state index is 13.0. The molecule has 1 amide bonds. The van der Waals surface area contributed by atoms with E-state index in [0.29, 0.717) is 18.8 Å². The molecule has 0 unspecified atom stereocenters. The first-order valence-corrected chi connectivity index (χ1v) is 9.99. The molecule has 0 atom stereocenters. The number of hydrogen-bond acceptors (Lipinski definition) is 3. The summed E-state index contributed by atoms with van der Waals surface area (Å²) < 4.78 is 40.0. The van der Waals surface area contributed by atoms with Crippen LogP contribution in [0, 0.1) is 5.82 Å². The first kappa shape index (κ1) is 20.6. The number of likely N-dealkylation sites (N-methyl/N-ethyl adjacent to an activating group) is 1. The topological polar surface area (TPSA) is 66.5 Å². The molecule has 0 saturated heterocycles. The van der Waals surface area contributed by atoms with Crippen molar-refractivity contribution in [1.29, 1.82) is 0 Å². The fourth-order valence-electron chi connectivity index (χ4n) is 2.51. The molecule has 2 aromatic rings. The predicted octanol–water partition coefficient (Wildman–Crippen LogP) is 3.59. The Morgan fingerprint density at radius 3 is 2.22 bits per heavy atom. The van der Waals surface area contributed by atoms with Gasteiger partial charge in [0.1, 0.15) is 5.82 Å². The van der Waals surface area contributed by atoms with Crippen molar-refractivity contribution in [2.45, 2.75) is 25.2 Å². The number of hydrogen-bond donors (Lipinski definition) is 1. The van der Waals surface area contributed by atoms with Crippen LogP contribution in [0.1, 0.15) is 19.4 Å². The molecule has 144 valence electrons. The normalized spacial score (nSPS) is 11.1.